The molecule has 0 aliphatic carbocycles. The van der Waals surface area contributed by atoms with Crippen molar-refractivity contribution >= 4 is 19.8 Å². The number of hydrogen-bond acceptors (Lipinski definition) is 6. The Bertz CT molecular complexity index is 741. The number of hydrogen-bond donors (Lipinski definition) is 2. The molecule has 8 nitrogen and oxygen atoms in total. The summed E-state index contributed by atoms with van der Waals surface area (Å²) in [7, 11) is -4.74. The van der Waals surface area contributed by atoms with Crippen molar-refractivity contribution in [3.63, 3.8) is 0 Å². The molecule has 0 saturated heterocycles. The van der Waals surface area contributed by atoms with E-state index in [1.165, 1.54) is 32.1 Å². The molecule has 1 atom stereocenters. The summed E-state index contributed by atoms with van der Waals surface area (Å²) in [4.78, 5) is 42.2. The zero-order valence-corrected chi connectivity index (χ0v) is 25.2. The Morgan fingerprint density at radius 3 is 1.82 bits per heavy atom. The minimum absolute atomic E-state index is 0.189. The molecule has 2 N–H and O–H groups in total. The van der Waals surface area contributed by atoms with Crippen LogP contribution in [0.15, 0.2) is 36.5 Å². The highest BCUT2D eigenvalue weighted by Crippen LogP contribution is 2.35. The van der Waals surface area contributed by atoms with E-state index < -0.39 is 32.5 Å². The van der Waals surface area contributed by atoms with Gasteiger partial charge in [0.1, 0.15) is 6.61 Å². The number of ether oxygens (including phenoxy) is 2. The zero-order chi connectivity index (χ0) is 29.0. The molecule has 0 heterocycles. The topological polar surface area (TPSA) is 119 Å². The molecule has 0 amide bonds. The van der Waals surface area contributed by atoms with Crippen molar-refractivity contribution in [1.29, 1.82) is 0 Å². The van der Waals surface area contributed by atoms with Crippen LogP contribution in [0, 0.1) is 0 Å². The molecule has 0 aromatic rings. The first-order chi connectivity index (χ1) is 18.8. The SMILES string of the molecule is CC/C=C/C=C/C=C/CCCCCCCC(=O)OC(COC(=O)CCCCCCCCCC)COP(=O)(O)O. The van der Waals surface area contributed by atoms with E-state index in [1.54, 1.807) is 0 Å². The molecule has 0 spiro atoms. The summed E-state index contributed by atoms with van der Waals surface area (Å²) in [6.45, 7) is 3.45. The molecule has 0 aliphatic rings. The average Bonchev–Trinajstić information content (AvgIpc) is 2.89. The second-order valence-corrected chi connectivity index (χ2v) is 11.0. The molecule has 0 radical (unpaired) electrons. The van der Waals surface area contributed by atoms with Gasteiger partial charge in [-0.15, -0.1) is 0 Å². The van der Waals surface area contributed by atoms with Gasteiger partial charge in [0, 0.05) is 12.8 Å². The number of unbranched alkanes of at least 4 members (excludes halogenated alkanes) is 12. The summed E-state index contributed by atoms with van der Waals surface area (Å²) >= 11 is 0. The van der Waals surface area contributed by atoms with E-state index in [4.69, 9.17) is 19.3 Å². The molecule has 9 heteroatoms. The Hall–Kier alpha value is -1.73. The Morgan fingerprint density at radius 2 is 1.23 bits per heavy atom. The van der Waals surface area contributed by atoms with Crippen molar-refractivity contribution in [3.8, 4) is 0 Å². The first-order valence-corrected chi connectivity index (χ1v) is 16.3. The fourth-order valence-electron chi connectivity index (χ4n) is 3.78. The van der Waals surface area contributed by atoms with Crippen LogP contribution in [0.3, 0.4) is 0 Å². The van der Waals surface area contributed by atoms with Gasteiger partial charge in [0.15, 0.2) is 6.10 Å². The van der Waals surface area contributed by atoms with Gasteiger partial charge in [0.05, 0.1) is 6.61 Å². The van der Waals surface area contributed by atoms with Crippen molar-refractivity contribution in [2.24, 2.45) is 0 Å². The quantitative estimate of drug-likeness (QED) is 0.0465. The third-order valence-electron chi connectivity index (χ3n) is 5.98. The lowest BCUT2D eigenvalue weighted by atomic mass is 10.1. The Balaban J connectivity index is 4.12. The summed E-state index contributed by atoms with van der Waals surface area (Å²) in [5, 5.41) is 0. The lowest BCUT2D eigenvalue weighted by molar-refractivity contribution is -0.161. The normalized spacial score (nSPS) is 13.0. The van der Waals surface area contributed by atoms with Crippen LogP contribution in [0.4, 0.5) is 0 Å². The van der Waals surface area contributed by atoms with Gasteiger partial charge in [0.2, 0.25) is 0 Å². The predicted molar refractivity (Wildman–Crippen MR) is 156 cm³/mol. The molecule has 0 aliphatic heterocycles. The summed E-state index contributed by atoms with van der Waals surface area (Å²) in [6.07, 6.45) is 27.4. The fraction of sp³-hybridized carbons (Fsp3) is 0.733. The van der Waals surface area contributed by atoms with E-state index in [2.05, 4.69) is 36.6 Å². The highest BCUT2D eigenvalue weighted by Gasteiger charge is 2.22. The van der Waals surface area contributed by atoms with Gasteiger partial charge in [0.25, 0.3) is 0 Å². The molecular weight excluding hydrogens is 519 g/mol. The van der Waals surface area contributed by atoms with Crippen molar-refractivity contribution in [1.82, 2.24) is 0 Å². The minimum Gasteiger partial charge on any atom is -0.462 e. The molecule has 0 fully saturated rings. The molecule has 0 bridgehead atoms. The summed E-state index contributed by atoms with van der Waals surface area (Å²) in [6, 6.07) is 0. The third kappa shape index (κ3) is 29.1. The van der Waals surface area contributed by atoms with E-state index in [0.717, 1.165) is 57.8 Å². The van der Waals surface area contributed by atoms with Crippen molar-refractivity contribution in [2.45, 2.75) is 129 Å². The number of phosphoric ester groups is 1. The molecule has 0 aromatic heterocycles. The van der Waals surface area contributed by atoms with E-state index in [9.17, 15) is 14.2 Å². The Labute approximate surface area is 236 Å². The first kappa shape index (κ1) is 37.3. The molecule has 226 valence electrons. The molecule has 0 saturated carbocycles. The summed E-state index contributed by atoms with van der Waals surface area (Å²) < 4.78 is 26.0. The molecule has 0 aromatic carbocycles. The van der Waals surface area contributed by atoms with Gasteiger partial charge in [-0.25, -0.2) is 4.57 Å². The van der Waals surface area contributed by atoms with Gasteiger partial charge >= 0.3 is 19.8 Å². The van der Waals surface area contributed by atoms with Gasteiger partial charge in [-0.05, 0) is 32.1 Å². The van der Waals surface area contributed by atoms with Crippen molar-refractivity contribution in [2.75, 3.05) is 13.2 Å². The van der Waals surface area contributed by atoms with E-state index in [-0.39, 0.29) is 19.4 Å². The highest BCUT2D eigenvalue weighted by molar-refractivity contribution is 7.46. The monoisotopic (exact) mass is 572 g/mol. The van der Waals surface area contributed by atoms with Crippen LogP contribution in [0.5, 0.6) is 0 Å². The number of esters is 2. The van der Waals surface area contributed by atoms with Gasteiger partial charge in [-0.2, -0.15) is 0 Å². The van der Waals surface area contributed by atoms with E-state index in [0.29, 0.717) is 6.42 Å². The van der Waals surface area contributed by atoms with Crippen LogP contribution in [-0.2, 0) is 28.2 Å². The van der Waals surface area contributed by atoms with Crippen LogP contribution in [0.1, 0.15) is 123 Å². The molecule has 1 unspecified atom stereocenters. The Kier molecular flexibility index (Phi) is 25.3. The molecule has 0 rings (SSSR count). The number of allylic oxidation sites excluding steroid dienone is 6. The minimum atomic E-state index is -4.74. The van der Waals surface area contributed by atoms with Crippen molar-refractivity contribution < 1.29 is 37.9 Å². The number of carbonyl (C=O) groups excluding carboxylic acids is 2. The van der Waals surface area contributed by atoms with Gasteiger partial charge in [-0.1, -0.05) is 115 Å². The van der Waals surface area contributed by atoms with Crippen LogP contribution >= 0.6 is 7.82 Å². The van der Waals surface area contributed by atoms with E-state index in [1.807, 2.05) is 18.2 Å². The average molecular weight is 573 g/mol. The maximum atomic E-state index is 12.2. The molecular formula is C30H53O8P. The van der Waals surface area contributed by atoms with Crippen LogP contribution in [0.2, 0.25) is 0 Å². The van der Waals surface area contributed by atoms with Crippen LogP contribution < -0.4 is 0 Å². The summed E-state index contributed by atoms with van der Waals surface area (Å²) in [5.74, 6) is -0.919. The lowest BCUT2D eigenvalue weighted by Gasteiger charge is -2.18. The summed E-state index contributed by atoms with van der Waals surface area (Å²) in [5.41, 5.74) is 0. The van der Waals surface area contributed by atoms with Gasteiger partial charge < -0.3 is 19.3 Å². The number of rotatable bonds is 26. The van der Waals surface area contributed by atoms with Crippen LogP contribution in [-0.4, -0.2) is 41.0 Å². The predicted octanol–water partition coefficient (Wildman–Crippen LogP) is 7.89. The maximum absolute atomic E-state index is 12.2. The lowest BCUT2D eigenvalue weighted by Crippen LogP contribution is -2.29. The zero-order valence-electron chi connectivity index (χ0n) is 24.3. The number of phosphoric acid groups is 1. The smallest absolute Gasteiger partial charge is 0.462 e. The van der Waals surface area contributed by atoms with Gasteiger partial charge in [-0.3, -0.25) is 14.1 Å². The molecule has 39 heavy (non-hydrogen) atoms. The second kappa shape index (κ2) is 26.5. The van der Waals surface area contributed by atoms with E-state index >= 15 is 0 Å². The standard InChI is InChI=1S/C30H53O8P/c1-3-5-7-9-11-13-14-15-16-17-19-21-23-25-30(32)38-28(27-37-39(33,34)35)26-36-29(31)24-22-20-18-12-10-8-6-4-2/h5,7,9,11,13-14,28H,3-4,6,8,10,12,15-27H2,1-2H3,(H2,33,34,35)/b7-5+,11-9+,14-13+. The largest absolute Gasteiger partial charge is 0.469 e. The van der Waals surface area contributed by atoms with Crippen LogP contribution in [0.25, 0.3) is 0 Å². The Morgan fingerprint density at radius 1 is 0.692 bits per heavy atom. The number of carbonyl (C=O) groups is 2. The fourth-order valence-corrected chi connectivity index (χ4v) is 4.14. The first-order valence-electron chi connectivity index (χ1n) is 14.8. The maximum Gasteiger partial charge on any atom is 0.469 e. The second-order valence-electron chi connectivity index (χ2n) is 9.76. The highest BCUT2D eigenvalue weighted by atomic mass is 31.2. The van der Waals surface area contributed by atoms with Crippen molar-refractivity contribution in [3.05, 3.63) is 36.5 Å². The third-order valence-corrected chi connectivity index (χ3v) is 6.47.